The Balaban J connectivity index is 2.74. The molecule has 1 heterocycles. The van der Waals surface area contributed by atoms with E-state index in [1.54, 1.807) is 0 Å². The second kappa shape index (κ2) is 48.8. The number of aliphatic hydroxyl groups excluding tert-OH is 2. The van der Waals surface area contributed by atoms with Crippen LogP contribution in [-0.4, -0.2) is 89.2 Å². The van der Waals surface area contributed by atoms with Crippen molar-refractivity contribution in [2.24, 2.45) is 0 Å². The van der Waals surface area contributed by atoms with Gasteiger partial charge in [0, 0.05) is 19.3 Å². The minimum atomic E-state index is -1.91. The van der Waals surface area contributed by atoms with Gasteiger partial charge in [-0.15, -0.1) is 0 Å². The van der Waals surface area contributed by atoms with Crippen molar-refractivity contribution in [3.8, 4) is 0 Å². The number of unbranched alkanes of at least 4 members (excludes halogenated alkanes) is 19. The van der Waals surface area contributed by atoms with E-state index in [0.717, 1.165) is 103 Å². The third-order valence-corrected chi connectivity index (χ3v) is 12.5. The lowest BCUT2D eigenvalue weighted by atomic mass is 9.98. The minimum Gasteiger partial charge on any atom is -0.479 e. The van der Waals surface area contributed by atoms with Crippen LogP contribution in [0.5, 0.6) is 0 Å². The SMILES string of the molecule is CC/C=C\C/C=C\C/C=C\C/C=C\CCC(=O)OC(COC(=O)CCCCCCCCC/C=C\C/C=C\C/C=C\CC)COC1OC(C(=O)O)C(O)C(O)C1OC(=O)CCCCCCCCCCCCCCC. The van der Waals surface area contributed by atoms with E-state index in [1.165, 1.54) is 57.8 Å². The fraction of sp³-hybridized carbons (Fsp3) is 0.705. The second-order valence-electron chi connectivity index (χ2n) is 19.2. The Bertz CT molecular complexity index is 1590. The molecule has 0 amide bonds. The molecule has 0 bridgehead atoms. The average molecular weight is 1030 g/mol. The second-order valence-corrected chi connectivity index (χ2v) is 19.2. The summed E-state index contributed by atoms with van der Waals surface area (Å²) in [5.74, 6) is -3.24. The Morgan fingerprint density at radius 1 is 0.466 bits per heavy atom. The van der Waals surface area contributed by atoms with Crippen LogP contribution in [0.4, 0.5) is 0 Å². The summed E-state index contributed by atoms with van der Waals surface area (Å²) in [4.78, 5) is 51.0. The van der Waals surface area contributed by atoms with Gasteiger partial charge in [0.2, 0.25) is 0 Å². The summed E-state index contributed by atoms with van der Waals surface area (Å²) in [6.07, 6.45) is 50.0. The Morgan fingerprint density at radius 3 is 1.37 bits per heavy atom. The van der Waals surface area contributed by atoms with Gasteiger partial charge in [-0.3, -0.25) is 14.4 Å². The summed E-state index contributed by atoms with van der Waals surface area (Å²) in [5, 5.41) is 31.4. The molecule has 1 aliphatic rings. The summed E-state index contributed by atoms with van der Waals surface area (Å²) in [5.41, 5.74) is 0. The molecule has 0 aromatic heterocycles. The predicted molar refractivity (Wildman–Crippen MR) is 294 cm³/mol. The summed E-state index contributed by atoms with van der Waals surface area (Å²) < 4.78 is 28.3. The topological polar surface area (TPSA) is 175 Å². The third kappa shape index (κ3) is 39.0. The number of ether oxygens (including phenoxy) is 5. The van der Waals surface area contributed by atoms with Gasteiger partial charge in [-0.1, -0.05) is 215 Å². The highest BCUT2D eigenvalue weighted by Gasteiger charge is 2.50. The van der Waals surface area contributed by atoms with Crippen LogP contribution in [0, 0.1) is 0 Å². The number of hydrogen-bond donors (Lipinski definition) is 3. The van der Waals surface area contributed by atoms with E-state index < -0.39 is 67.3 Å². The summed E-state index contributed by atoms with van der Waals surface area (Å²) >= 11 is 0. The Hall–Kier alpha value is -4.10. The number of carbonyl (C=O) groups excluding carboxylic acids is 3. The fourth-order valence-corrected chi connectivity index (χ4v) is 8.16. The lowest BCUT2D eigenvalue weighted by Crippen LogP contribution is -2.61. The predicted octanol–water partition coefficient (Wildman–Crippen LogP) is 14.3. The normalized spacial score (nSPS) is 18.9. The van der Waals surface area contributed by atoms with E-state index in [1.807, 2.05) is 12.2 Å². The monoisotopic (exact) mass is 1020 g/mol. The Labute approximate surface area is 441 Å². The van der Waals surface area contributed by atoms with E-state index >= 15 is 0 Å². The van der Waals surface area contributed by atoms with Gasteiger partial charge in [0.05, 0.1) is 6.61 Å². The molecule has 0 saturated carbocycles. The van der Waals surface area contributed by atoms with E-state index in [9.17, 15) is 34.5 Å². The van der Waals surface area contributed by atoms with Crippen molar-refractivity contribution in [2.45, 2.75) is 263 Å². The lowest BCUT2D eigenvalue weighted by molar-refractivity contribution is -0.301. The van der Waals surface area contributed by atoms with Crippen LogP contribution < -0.4 is 0 Å². The number of aliphatic hydroxyl groups is 2. The third-order valence-electron chi connectivity index (χ3n) is 12.5. The molecular weight excluding hydrogens is 925 g/mol. The molecule has 0 aliphatic carbocycles. The molecule has 12 nitrogen and oxygen atoms in total. The number of carboxylic acids is 1. The fourth-order valence-electron chi connectivity index (χ4n) is 8.16. The summed E-state index contributed by atoms with van der Waals surface area (Å²) in [7, 11) is 0. The molecule has 3 N–H and O–H groups in total. The summed E-state index contributed by atoms with van der Waals surface area (Å²) in [6, 6.07) is 0. The van der Waals surface area contributed by atoms with Crippen molar-refractivity contribution in [3.63, 3.8) is 0 Å². The van der Waals surface area contributed by atoms with Crippen LogP contribution in [-0.2, 0) is 42.9 Å². The zero-order valence-corrected chi connectivity index (χ0v) is 45.6. The molecule has 6 atom stereocenters. The molecule has 0 radical (unpaired) electrons. The molecule has 1 rings (SSSR count). The van der Waals surface area contributed by atoms with Crippen molar-refractivity contribution in [1.29, 1.82) is 0 Å². The van der Waals surface area contributed by atoms with Crippen LogP contribution in [0.2, 0.25) is 0 Å². The van der Waals surface area contributed by atoms with Crippen LogP contribution in [0.1, 0.15) is 226 Å². The molecule has 1 fully saturated rings. The molecule has 1 aliphatic heterocycles. The molecule has 6 unspecified atom stereocenters. The number of aliphatic carboxylic acids is 1. The van der Waals surface area contributed by atoms with E-state index in [2.05, 4.69) is 93.7 Å². The van der Waals surface area contributed by atoms with Gasteiger partial charge in [-0.05, 0) is 77.0 Å². The van der Waals surface area contributed by atoms with Crippen molar-refractivity contribution >= 4 is 23.9 Å². The van der Waals surface area contributed by atoms with Crippen LogP contribution in [0.15, 0.2) is 85.1 Å². The highest BCUT2D eigenvalue weighted by molar-refractivity contribution is 5.74. The molecule has 73 heavy (non-hydrogen) atoms. The van der Waals surface area contributed by atoms with E-state index in [4.69, 9.17) is 23.7 Å². The number of carbonyl (C=O) groups is 4. The van der Waals surface area contributed by atoms with Crippen LogP contribution in [0.3, 0.4) is 0 Å². The lowest BCUT2D eigenvalue weighted by Gasteiger charge is -2.40. The zero-order valence-electron chi connectivity index (χ0n) is 45.6. The van der Waals surface area contributed by atoms with Gasteiger partial charge < -0.3 is 39.0 Å². The first-order valence-corrected chi connectivity index (χ1v) is 28.6. The highest BCUT2D eigenvalue weighted by Crippen LogP contribution is 2.26. The van der Waals surface area contributed by atoms with E-state index in [-0.39, 0.29) is 25.9 Å². The standard InChI is InChI=1S/C61H100O12/c1-4-7-10-13-16-19-22-25-26-27-28-31-32-35-38-41-44-47-53(62)69-50-52(71-54(63)48-45-42-39-36-33-29-23-20-17-14-11-8-5-2)51-70-61-59(57(66)56(65)58(73-61)60(67)68)72-55(64)49-46-43-40-37-34-30-24-21-18-15-12-9-6-3/h7-8,10-11,16-17,19-20,25-26,29,33,39,42,52,56-59,61,65-66H,4-6,9,12-15,18,21-24,27-28,30-32,34-38,40-41,43-51H2,1-3H3,(H,67,68)/b10-7-,11-8-,19-16-,20-17-,26-25-,33-29-,42-39-. The zero-order chi connectivity index (χ0) is 53.3. The quantitative estimate of drug-likeness (QED) is 0.0228. The Morgan fingerprint density at radius 2 is 0.890 bits per heavy atom. The molecular formula is C61H100O12. The molecule has 416 valence electrons. The van der Waals surface area contributed by atoms with Gasteiger partial charge in [-0.2, -0.15) is 0 Å². The van der Waals surface area contributed by atoms with Crippen LogP contribution >= 0.6 is 0 Å². The maximum atomic E-state index is 13.1. The smallest absolute Gasteiger partial charge is 0.335 e. The first kappa shape index (κ1) is 66.9. The minimum absolute atomic E-state index is 0.0375. The molecule has 0 spiro atoms. The van der Waals surface area contributed by atoms with Crippen LogP contribution in [0.25, 0.3) is 0 Å². The number of esters is 3. The van der Waals surface area contributed by atoms with Gasteiger partial charge in [0.1, 0.15) is 18.8 Å². The van der Waals surface area contributed by atoms with Crippen molar-refractivity contribution < 1.29 is 58.2 Å². The number of carboxylic acid groups (broad SMARTS) is 1. The van der Waals surface area contributed by atoms with Gasteiger partial charge in [0.15, 0.2) is 24.6 Å². The number of rotatable bonds is 47. The molecule has 0 aromatic carbocycles. The Kier molecular flexibility index (Phi) is 44.7. The molecule has 12 heteroatoms. The largest absolute Gasteiger partial charge is 0.479 e. The number of allylic oxidation sites excluding steroid dienone is 14. The maximum absolute atomic E-state index is 13.1. The molecule has 0 aromatic rings. The average Bonchev–Trinajstić information content (AvgIpc) is 3.37. The van der Waals surface area contributed by atoms with Crippen molar-refractivity contribution in [1.82, 2.24) is 0 Å². The molecule has 1 saturated heterocycles. The number of hydrogen-bond acceptors (Lipinski definition) is 11. The first-order chi connectivity index (χ1) is 35.6. The highest BCUT2D eigenvalue weighted by atomic mass is 16.7. The summed E-state index contributed by atoms with van der Waals surface area (Å²) in [6.45, 7) is 5.68. The van der Waals surface area contributed by atoms with Crippen molar-refractivity contribution in [3.05, 3.63) is 85.1 Å². The van der Waals surface area contributed by atoms with Crippen molar-refractivity contribution in [2.75, 3.05) is 13.2 Å². The van der Waals surface area contributed by atoms with E-state index in [0.29, 0.717) is 25.7 Å². The van der Waals surface area contributed by atoms with Gasteiger partial charge in [-0.25, -0.2) is 4.79 Å². The first-order valence-electron chi connectivity index (χ1n) is 28.6. The van der Waals surface area contributed by atoms with Gasteiger partial charge in [0.25, 0.3) is 0 Å². The van der Waals surface area contributed by atoms with Gasteiger partial charge >= 0.3 is 23.9 Å². The maximum Gasteiger partial charge on any atom is 0.335 e.